The van der Waals surface area contributed by atoms with Gasteiger partial charge in [0.15, 0.2) is 0 Å². The highest BCUT2D eigenvalue weighted by Crippen LogP contribution is 2.33. The zero-order valence-corrected chi connectivity index (χ0v) is 13.8. The van der Waals surface area contributed by atoms with Crippen LogP contribution in [0.5, 0.6) is 5.75 Å². The summed E-state index contributed by atoms with van der Waals surface area (Å²) < 4.78 is 4.83. The third-order valence-electron chi connectivity index (χ3n) is 3.69. The molecule has 1 heterocycles. The topological polar surface area (TPSA) is 66.8 Å². The first-order valence-corrected chi connectivity index (χ1v) is 7.48. The highest BCUT2D eigenvalue weighted by atomic mass is 16.5. The van der Waals surface area contributed by atoms with E-state index in [1.54, 1.807) is 30.0 Å². The number of esters is 1. The molecular weight excluding hydrogens is 294 g/mol. The number of methoxy groups -OCH3 is 1. The van der Waals surface area contributed by atoms with Crippen LogP contribution in [0.4, 0.5) is 0 Å². The summed E-state index contributed by atoms with van der Waals surface area (Å²) in [6, 6.07) is 6.67. The van der Waals surface area contributed by atoms with Crippen molar-refractivity contribution in [3.05, 3.63) is 46.7 Å². The zero-order valence-electron chi connectivity index (χ0n) is 13.8. The number of benzene rings is 1. The number of phenols is 1. The molecule has 23 heavy (non-hydrogen) atoms. The molecule has 5 heteroatoms. The van der Waals surface area contributed by atoms with E-state index in [2.05, 4.69) is 0 Å². The standard InChI is InChI=1S/C18H21NO4/c1-11(2)10-19-12(3)16(18(22)23-4)14(17(19)21)9-13-7-5-6-8-15(13)20/h5-9,11,20H,10H2,1-4H3/b14-9-. The van der Waals surface area contributed by atoms with Crippen LogP contribution in [-0.2, 0) is 14.3 Å². The van der Waals surface area contributed by atoms with Crippen LogP contribution in [0.3, 0.4) is 0 Å². The molecule has 0 atom stereocenters. The fraction of sp³-hybridized carbons (Fsp3) is 0.333. The summed E-state index contributed by atoms with van der Waals surface area (Å²) >= 11 is 0. The van der Waals surface area contributed by atoms with Gasteiger partial charge in [-0.05, 0) is 25.0 Å². The van der Waals surface area contributed by atoms with Gasteiger partial charge < -0.3 is 14.7 Å². The second-order valence-electron chi connectivity index (χ2n) is 5.88. The van der Waals surface area contributed by atoms with Crippen molar-refractivity contribution in [1.82, 2.24) is 4.90 Å². The van der Waals surface area contributed by atoms with E-state index < -0.39 is 5.97 Å². The first-order valence-electron chi connectivity index (χ1n) is 7.48. The van der Waals surface area contributed by atoms with Gasteiger partial charge in [-0.15, -0.1) is 0 Å². The number of ether oxygens (including phenoxy) is 1. The maximum atomic E-state index is 12.7. The molecule has 1 aliphatic rings. The van der Waals surface area contributed by atoms with Crippen LogP contribution in [0.2, 0.25) is 0 Å². The number of amides is 1. The van der Waals surface area contributed by atoms with E-state index in [1.165, 1.54) is 19.3 Å². The minimum Gasteiger partial charge on any atom is -0.507 e. The van der Waals surface area contributed by atoms with Gasteiger partial charge in [-0.2, -0.15) is 0 Å². The lowest BCUT2D eigenvalue weighted by Crippen LogP contribution is -2.28. The fourth-order valence-corrected chi connectivity index (χ4v) is 2.58. The maximum absolute atomic E-state index is 12.7. The van der Waals surface area contributed by atoms with E-state index in [9.17, 15) is 14.7 Å². The lowest BCUT2D eigenvalue weighted by molar-refractivity contribution is -0.136. The number of rotatable bonds is 4. The van der Waals surface area contributed by atoms with Gasteiger partial charge in [0.25, 0.3) is 5.91 Å². The molecule has 1 N–H and O–H groups in total. The highest BCUT2D eigenvalue weighted by Gasteiger charge is 2.37. The van der Waals surface area contributed by atoms with Crippen molar-refractivity contribution in [1.29, 1.82) is 0 Å². The van der Waals surface area contributed by atoms with Crippen molar-refractivity contribution < 1.29 is 19.4 Å². The Balaban J connectivity index is 2.55. The molecule has 1 amide bonds. The van der Waals surface area contributed by atoms with E-state index in [4.69, 9.17) is 4.74 Å². The molecule has 0 bridgehead atoms. The second kappa shape index (κ2) is 6.69. The summed E-state index contributed by atoms with van der Waals surface area (Å²) in [5.41, 5.74) is 1.56. The Morgan fingerprint density at radius 1 is 1.35 bits per heavy atom. The Bertz CT molecular complexity index is 701. The van der Waals surface area contributed by atoms with Crippen LogP contribution < -0.4 is 0 Å². The van der Waals surface area contributed by atoms with Crippen LogP contribution >= 0.6 is 0 Å². The molecular formula is C18H21NO4. The fourth-order valence-electron chi connectivity index (χ4n) is 2.58. The minimum atomic E-state index is -0.552. The van der Waals surface area contributed by atoms with Crippen LogP contribution in [0.25, 0.3) is 6.08 Å². The number of para-hydroxylation sites is 1. The smallest absolute Gasteiger partial charge is 0.340 e. The molecule has 0 unspecified atom stereocenters. The van der Waals surface area contributed by atoms with Crippen LogP contribution in [0, 0.1) is 5.92 Å². The molecule has 1 aromatic carbocycles. The molecule has 0 aromatic heterocycles. The summed E-state index contributed by atoms with van der Waals surface area (Å²) in [5.74, 6) is -0.488. The molecule has 0 saturated carbocycles. The summed E-state index contributed by atoms with van der Waals surface area (Å²) in [5, 5.41) is 9.91. The Morgan fingerprint density at radius 3 is 2.57 bits per heavy atom. The summed E-state index contributed by atoms with van der Waals surface area (Å²) in [4.78, 5) is 26.4. The first kappa shape index (κ1) is 16.8. The largest absolute Gasteiger partial charge is 0.507 e. The average Bonchev–Trinajstić information content (AvgIpc) is 2.73. The molecule has 0 radical (unpaired) electrons. The van der Waals surface area contributed by atoms with E-state index in [-0.39, 0.29) is 28.7 Å². The SMILES string of the molecule is COC(=O)C1=C(C)N(CC(C)C)C(=O)/C1=C\c1ccccc1O. The number of carbonyl (C=O) groups is 2. The van der Waals surface area contributed by atoms with Gasteiger partial charge in [0.2, 0.25) is 0 Å². The molecule has 2 rings (SSSR count). The summed E-state index contributed by atoms with van der Waals surface area (Å²) in [7, 11) is 1.29. The quantitative estimate of drug-likeness (QED) is 0.685. The molecule has 0 fully saturated rings. The van der Waals surface area contributed by atoms with Crippen LogP contribution in [0.1, 0.15) is 26.3 Å². The Labute approximate surface area is 135 Å². The van der Waals surface area contributed by atoms with Crippen molar-refractivity contribution >= 4 is 18.0 Å². The van der Waals surface area contributed by atoms with E-state index in [0.29, 0.717) is 17.8 Å². The third-order valence-corrected chi connectivity index (χ3v) is 3.69. The molecule has 5 nitrogen and oxygen atoms in total. The van der Waals surface area contributed by atoms with Crippen LogP contribution in [-0.4, -0.2) is 35.5 Å². The number of carbonyl (C=O) groups excluding carboxylic acids is 2. The average molecular weight is 315 g/mol. The maximum Gasteiger partial charge on any atom is 0.340 e. The summed E-state index contributed by atoms with van der Waals surface area (Å²) in [6.07, 6.45) is 1.54. The third kappa shape index (κ3) is 3.28. The second-order valence-corrected chi connectivity index (χ2v) is 5.88. The van der Waals surface area contributed by atoms with Gasteiger partial charge in [-0.1, -0.05) is 32.0 Å². The van der Waals surface area contributed by atoms with Crippen molar-refractivity contribution in [2.24, 2.45) is 5.92 Å². The molecule has 1 aliphatic heterocycles. The number of hydrogen-bond donors (Lipinski definition) is 1. The molecule has 122 valence electrons. The number of allylic oxidation sites excluding steroid dienone is 1. The van der Waals surface area contributed by atoms with Gasteiger partial charge in [0, 0.05) is 17.8 Å². The molecule has 0 saturated heterocycles. The van der Waals surface area contributed by atoms with Crippen molar-refractivity contribution in [3.8, 4) is 5.75 Å². The van der Waals surface area contributed by atoms with E-state index in [1.807, 2.05) is 13.8 Å². The predicted molar refractivity (Wildman–Crippen MR) is 87.4 cm³/mol. The van der Waals surface area contributed by atoms with Gasteiger partial charge >= 0.3 is 5.97 Å². The predicted octanol–water partition coefficient (Wildman–Crippen LogP) is 2.72. The minimum absolute atomic E-state index is 0.0528. The highest BCUT2D eigenvalue weighted by molar-refractivity contribution is 6.16. The number of aromatic hydroxyl groups is 1. The van der Waals surface area contributed by atoms with Gasteiger partial charge in [-0.3, -0.25) is 4.79 Å². The molecule has 1 aromatic rings. The van der Waals surface area contributed by atoms with Gasteiger partial charge in [0.05, 0.1) is 18.3 Å². The number of phenolic OH excluding ortho intramolecular Hbond substituents is 1. The Hall–Kier alpha value is -2.56. The monoisotopic (exact) mass is 315 g/mol. The number of hydrogen-bond acceptors (Lipinski definition) is 4. The lowest BCUT2D eigenvalue weighted by Gasteiger charge is -2.19. The summed E-state index contributed by atoms with van der Waals surface area (Å²) in [6.45, 7) is 6.26. The normalized spacial score (nSPS) is 16.7. The zero-order chi connectivity index (χ0) is 17.1. The van der Waals surface area contributed by atoms with Gasteiger partial charge in [0.1, 0.15) is 5.75 Å². The molecule has 0 aliphatic carbocycles. The first-order chi connectivity index (χ1) is 10.9. The van der Waals surface area contributed by atoms with Crippen molar-refractivity contribution in [2.75, 3.05) is 13.7 Å². The van der Waals surface area contributed by atoms with E-state index in [0.717, 1.165) is 0 Å². The lowest BCUT2D eigenvalue weighted by atomic mass is 10.0. The van der Waals surface area contributed by atoms with Gasteiger partial charge in [-0.25, -0.2) is 4.79 Å². The van der Waals surface area contributed by atoms with Crippen molar-refractivity contribution in [2.45, 2.75) is 20.8 Å². The Kier molecular flexibility index (Phi) is 4.89. The molecule has 0 spiro atoms. The number of nitrogens with zero attached hydrogens (tertiary/aromatic N) is 1. The van der Waals surface area contributed by atoms with Crippen molar-refractivity contribution in [3.63, 3.8) is 0 Å². The Morgan fingerprint density at radius 2 is 2.00 bits per heavy atom. The van der Waals surface area contributed by atoms with Crippen LogP contribution in [0.15, 0.2) is 41.1 Å². The van der Waals surface area contributed by atoms with E-state index >= 15 is 0 Å².